The van der Waals surface area contributed by atoms with Crippen molar-refractivity contribution in [3.63, 3.8) is 0 Å². The Morgan fingerprint density at radius 2 is 2.00 bits per heavy atom. The number of hydrogen-bond acceptors (Lipinski definition) is 2. The van der Waals surface area contributed by atoms with Crippen LogP contribution in [-0.4, -0.2) is 17.0 Å². The summed E-state index contributed by atoms with van der Waals surface area (Å²) >= 11 is 3.06. The number of carboxylic acid groups (broad SMARTS) is 1. The number of aryl methyl sites for hydroxylation is 1. The zero-order valence-corrected chi connectivity index (χ0v) is 10.2. The molecule has 6 heteroatoms. The normalized spacial score (nSPS) is 13.9. The lowest BCUT2D eigenvalue weighted by Gasteiger charge is -2.20. The molecule has 0 amide bonds. The van der Waals surface area contributed by atoms with E-state index in [1.54, 1.807) is 25.1 Å². The third kappa shape index (κ3) is 2.33. The highest BCUT2D eigenvalue weighted by Crippen LogP contribution is 2.35. The second kappa shape index (κ2) is 4.52. The minimum atomic E-state index is -1.63. The van der Waals surface area contributed by atoms with Crippen LogP contribution in [0.15, 0.2) is 29.3 Å². The molecule has 0 aromatic heterocycles. The largest absolute Gasteiger partial charge is 0.479 e. The molecule has 0 aliphatic carbocycles. The lowest BCUT2D eigenvalue weighted by Crippen LogP contribution is -2.34. The molecule has 86 valence electrons. The Morgan fingerprint density at radius 1 is 1.44 bits per heavy atom. The van der Waals surface area contributed by atoms with Crippen LogP contribution < -0.4 is 11.5 Å². The number of rotatable bonds is 3. The average Bonchev–Trinajstić information content (AvgIpc) is 2.16. The fourth-order valence-corrected chi connectivity index (χ4v) is 2.00. The van der Waals surface area contributed by atoms with Gasteiger partial charge in [0.25, 0.3) is 0 Å². The van der Waals surface area contributed by atoms with Crippen molar-refractivity contribution in [2.24, 2.45) is 16.5 Å². The lowest BCUT2D eigenvalue weighted by atomic mass is 10.0. The third-order valence-electron chi connectivity index (χ3n) is 2.07. The van der Waals surface area contributed by atoms with Gasteiger partial charge in [-0.05, 0) is 28.4 Å². The van der Waals surface area contributed by atoms with Gasteiger partial charge in [0.15, 0.2) is 5.96 Å². The van der Waals surface area contributed by atoms with Crippen molar-refractivity contribution in [1.29, 1.82) is 0 Å². The number of nitrogens with zero attached hydrogens (tertiary/aromatic N) is 1. The molecule has 1 rings (SSSR count). The molecule has 5 nitrogen and oxygen atoms in total. The van der Waals surface area contributed by atoms with Crippen LogP contribution in [0.3, 0.4) is 0 Å². The van der Waals surface area contributed by atoms with Crippen LogP contribution in [-0.2, 0) is 9.24 Å². The van der Waals surface area contributed by atoms with Gasteiger partial charge in [0.05, 0.1) is 0 Å². The molecule has 0 aliphatic rings. The lowest BCUT2D eigenvalue weighted by molar-refractivity contribution is -0.139. The van der Waals surface area contributed by atoms with Crippen LogP contribution in [0.4, 0.5) is 0 Å². The Hall–Kier alpha value is -1.56. The fraction of sp³-hybridized carbons (Fsp3) is 0.200. The molecule has 0 saturated heterocycles. The number of hydrogen-bond donors (Lipinski definition) is 3. The molecule has 0 radical (unpaired) electrons. The van der Waals surface area contributed by atoms with E-state index in [2.05, 4.69) is 20.9 Å². The van der Waals surface area contributed by atoms with Crippen LogP contribution in [0.25, 0.3) is 0 Å². The summed E-state index contributed by atoms with van der Waals surface area (Å²) in [7, 11) is 0. The van der Waals surface area contributed by atoms with E-state index in [9.17, 15) is 9.90 Å². The number of guanidine groups is 1. The summed E-state index contributed by atoms with van der Waals surface area (Å²) in [6.07, 6.45) is 0. The summed E-state index contributed by atoms with van der Waals surface area (Å²) in [5.74, 6) is -1.46. The van der Waals surface area contributed by atoms with E-state index in [0.717, 1.165) is 5.56 Å². The van der Waals surface area contributed by atoms with Gasteiger partial charge in [-0.2, -0.15) is 0 Å². The Labute approximate surface area is 101 Å². The zero-order chi connectivity index (χ0) is 12.3. The van der Waals surface area contributed by atoms with Crippen LogP contribution in [0.2, 0.25) is 0 Å². The minimum absolute atomic E-state index is 0.289. The van der Waals surface area contributed by atoms with E-state index in [1.165, 1.54) is 0 Å². The van der Waals surface area contributed by atoms with Gasteiger partial charge in [-0.15, -0.1) is 0 Å². The molecule has 0 bridgehead atoms. The topological polar surface area (TPSA) is 102 Å². The number of alkyl halides is 1. The maximum atomic E-state index is 11.2. The number of halogens is 1. The minimum Gasteiger partial charge on any atom is -0.479 e. The van der Waals surface area contributed by atoms with Crippen molar-refractivity contribution in [3.05, 3.63) is 35.4 Å². The van der Waals surface area contributed by atoms with E-state index < -0.39 is 10.4 Å². The van der Waals surface area contributed by atoms with Gasteiger partial charge in [0.2, 0.25) is 4.45 Å². The first-order valence-corrected chi connectivity index (χ1v) is 5.26. The molecule has 1 aromatic carbocycles. The quantitative estimate of drug-likeness (QED) is 0.332. The Morgan fingerprint density at radius 3 is 2.44 bits per heavy atom. The number of nitrogens with two attached hydrogens (primary N) is 2. The summed E-state index contributed by atoms with van der Waals surface area (Å²) in [6, 6.07) is 6.98. The van der Waals surface area contributed by atoms with Gasteiger partial charge in [0.1, 0.15) is 0 Å². The first kappa shape index (κ1) is 12.5. The maximum absolute atomic E-state index is 11.2. The predicted octanol–water partition coefficient (Wildman–Crippen LogP) is 0.901. The van der Waals surface area contributed by atoms with E-state index in [1.807, 2.05) is 6.07 Å². The van der Waals surface area contributed by atoms with E-state index >= 15 is 0 Å². The molecule has 1 unspecified atom stereocenters. The van der Waals surface area contributed by atoms with Crippen molar-refractivity contribution in [2.45, 2.75) is 11.4 Å². The molecule has 0 spiro atoms. The van der Waals surface area contributed by atoms with Crippen molar-refractivity contribution >= 4 is 27.9 Å². The standard InChI is InChI=1S/C10H12BrN3O2/c1-6-4-2-3-5-7(6)10(11,8(15)16)14-9(12)13/h2-5H,1H3,(H,15,16)(H4,12,13,14). The molecule has 1 aromatic rings. The summed E-state index contributed by atoms with van der Waals surface area (Å²) in [4.78, 5) is 15.0. The van der Waals surface area contributed by atoms with Gasteiger partial charge >= 0.3 is 5.97 Å². The smallest absolute Gasteiger partial charge is 0.347 e. The number of benzene rings is 1. The van der Waals surface area contributed by atoms with Crippen molar-refractivity contribution < 1.29 is 9.90 Å². The first-order valence-electron chi connectivity index (χ1n) is 4.47. The summed E-state index contributed by atoms with van der Waals surface area (Å²) in [5, 5.41) is 9.19. The second-order valence-electron chi connectivity index (χ2n) is 3.28. The molecular weight excluding hydrogens is 274 g/mol. The monoisotopic (exact) mass is 285 g/mol. The second-order valence-corrected chi connectivity index (χ2v) is 4.43. The van der Waals surface area contributed by atoms with Crippen LogP contribution >= 0.6 is 15.9 Å². The molecule has 0 fully saturated rings. The molecule has 0 heterocycles. The maximum Gasteiger partial charge on any atom is 0.347 e. The van der Waals surface area contributed by atoms with Gasteiger partial charge < -0.3 is 16.6 Å². The zero-order valence-electron chi connectivity index (χ0n) is 8.64. The van der Waals surface area contributed by atoms with Gasteiger partial charge in [-0.3, -0.25) is 0 Å². The molecule has 0 saturated carbocycles. The van der Waals surface area contributed by atoms with Gasteiger partial charge in [-0.25, -0.2) is 9.79 Å². The van der Waals surface area contributed by atoms with Crippen molar-refractivity contribution in [1.82, 2.24) is 0 Å². The van der Waals surface area contributed by atoms with Crippen LogP contribution in [0.5, 0.6) is 0 Å². The number of carboxylic acids is 1. The molecule has 5 N–H and O–H groups in total. The summed E-state index contributed by atoms with van der Waals surface area (Å²) in [6.45, 7) is 1.79. The van der Waals surface area contributed by atoms with Crippen molar-refractivity contribution in [3.8, 4) is 0 Å². The Balaban J connectivity index is 3.39. The van der Waals surface area contributed by atoms with Gasteiger partial charge in [0, 0.05) is 5.56 Å². The van der Waals surface area contributed by atoms with Crippen LogP contribution in [0.1, 0.15) is 11.1 Å². The van der Waals surface area contributed by atoms with E-state index in [-0.39, 0.29) is 5.96 Å². The number of carbonyl (C=O) groups is 1. The summed E-state index contributed by atoms with van der Waals surface area (Å²) < 4.78 is -1.63. The van der Waals surface area contributed by atoms with E-state index in [0.29, 0.717) is 5.56 Å². The molecule has 0 aliphatic heterocycles. The highest BCUT2D eigenvalue weighted by Gasteiger charge is 2.38. The fourth-order valence-electron chi connectivity index (χ4n) is 1.35. The van der Waals surface area contributed by atoms with E-state index in [4.69, 9.17) is 11.5 Å². The SMILES string of the molecule is Cc1ccccc1C(Br)(N=C(N)N)C(=O)O. The third-order valence-corrected chi connectivity index (χ3v) is 3.01. The van der Waals surface area contributed by atoms with Crippen molar-refractivity contribution in [2.75, 3.05) is 0 Å². The van der Waals surface area contributed by atoms with Crippen LogP contribution in [0, 0.1) is 6.92 Å². The highest BCUT2D eigenvalue weighted by molar-refractivity contribution is 9.10. The molecule has 16 heavy (non-hydrogen) atoms. The number of aliphatic imine (C=N–C) groups is 1. The molecular formula is C10H12BrN3O2. The Kier molecular flexibility index (Phi) is 3.54. The Bertz CT molecular complexity index is 443. The summed E-state index contributed by atoms with van der Waals surface area (Å²) in [5.41, 5.74) is 11.8. The highest BCUT2D eigenvalue weighted by atomic mass is 79.9. The first-order chi connectivity index (χ1) is 7.38. The molecule has 1 atom stereocenters. The van der Waals surface area contributed by atoms with Gasteiger partial charge in [-0.1, -0.05) is 24.3 Å². The predicted molar refractivity (Wildman–Crippen MR) is 65.2 cm³/mol. The number of aliphatic carboxylic acids is 1. The average molecular weight is 286 g/mol.